The van der Waals surface area contributed by atoms with Gasteiger partial charge in [0, 0.05) is 32.2 Å². The lowest BCUT2D eigenvalue weighted by Crippen LogP contribution is -2.57. The molecule has 0 bridgehead atoms. The maximum Gasteiger partial charge on any atom is 0.253 e. The quantitative estimate of drug-likeness (QED) is 0.686. The lowest BCUT2D eigenvalue weighted by Gasteiger charge is -2.45. The SMILES string of the molecule is C[C@@H](CCc1ccccc1)NC(=O)CN1C(=O)[C@H]2CCCCN2c2ccc(C(=O)N(C)C)cc21. The van der Waals surface area contributed by atoms with Crippen molar-refractivity contribution in [1.82, 2.24) is 10.2 Å². The Kier molecular flexibility index (Phi) is 7.20. The van der Waals surface area contributed by atoms with Gasteiger partial charge in [0.25, 0.3) is 5.91 Å². The van der Waals surface area contributed by atoms with Crippen molar-refractivity contribution in [3.05, 3.63) is 59.7 Å². The maximum atomic E-state index is 13.5. The van der Waals surface area contributed by atoms with Crippen LogP contribution in [0.4, 0.5) is 11.4 Å². The molecule has 1 fully saturated rings. The van der Waals surface area contributed by atoms with Gasteiger partial charge in [0.15, 0.2) is 0 Å². The molecule has 0 aliphatic carbocycles. The first kappa shape index (κ1) is 23.8. The minimum Gasteiger partial charge on any atom is -0.358 e. The van der Waals surface area contributed by atoms with Gasteiger partial charge in [-0.15, -0.1) is 0 Å². The first-order valence-corrected chi connectivity index (χ1v) is 12.1. The number of anilines is 2. The fourth-order valence-corrected chi connectivity index (χ4v) is 4.88. The largest absolute Gasteiger partial charge is 0.358 e. The summed E-state index contributed by atoms with van der Waals surface area (Å²) in [5.74, 6) is -0.378. The Morgan fingerprint density at radius 3 is 2.59 bits per heavy atom. The smallest absolute Gasteiger partial charge is 0.253 e. The first-order chi connectivity index (χ1) is 16.3. The molecule has 0 saturated carbocycles. The Balaban J connectivity index is 1.51. The number of hydrogen-bond donors (Lipinski definition) is 1. The van der Waals surface area contributed by atoms with Crippen molar-refractivity contribution in [1.29, 1.82) is 0 Å². The normalized spacial score (nSPS) is 18.1. The van der Waals surface area contributed by atoms with Crippen molar-refractivity contribution in [3.63, 3.8) is 0 Å². The summed E-state index contributed by atoms with van der Waals surface area (Å²) in [6, 6.07) is 15.4. The van der Waals surface area contributed by atoms with Crippen LogP contribution in [0.15, 0.2) is 48.5 Å². The van der Waals surface area contributed by atoms with Crippen LogP contribution in [0.1, 0.15) is 48.5 Å². The molecule has 2 heterocycles. The van der Waals surface area contributed by atoms with Gasteiger partial charge in [-0.25, -0.2) is 0 Å². The molecule has 2 aromatic carbocycles. The summed E-state index contributed by atoms with van der Waals surface area (Å²) in [4.78, 5) is 44.3. The number of amides is 3. The number of benzene rings is 2. The van der Waals surface area contributed by atoms with Crippen molar-refractivity contribution >= 4 is 29.1 Å². The van der Waals surface area contributed by atoms with E-state index in [0.29, 0.717) is 11.3 Å². The van der Waals surface area contributed by atoms with E-state index in [1.807, 2.05) is 37.3 Å². The zero-order chi connectivity index (χ0) is 24.2. The molecule has 180 valence electrons. The Morgan fingerprint density at radius 1 is 1.09 bits per heavy atom. The van der Waals surface area contributed by atoms with E-state index >= 15 is 0 Å². The molecule has 1 saturated heterocycles. The molecule has 2 aliphatic rings. The number of fused-ring (bicyclic) bond motifs is 3. The third-order valence-electron chi connectivity index (χ3n) is 6.70. The molecule has 7 nitrogen and oxygen atoms in total. The lowest BCUT2D eigenvalue weighted by molar-refractivity contribution is -0.125. The van der Waals surface area contributed by atoms with E-state index in [1.165, 1.54) is 10.5 Å². The summed E-state index contributed by atoms with van der Waals surface area (Å²) >= 11 is 0. The van der Waals surface area contributed by atoms with Crippen LogP contribution in [0.2, 0.25) is 0 Å². The number of aryl methyl sites for hydroxylation is 1. The van der Waals surface area contributed by atoms with Crippen molar-refractivity contribution < 1.29 is 14.4 Å². The maximum absolute atomic E-state index is 13.5. The van der Waals surface area contributed by atoms with Gasteiger partial charge in [-0.2, -0.15) is 0 Å². The van der Waals surface area contributed by atoms with Crippen LogP contribution in [0.3, 0.4) is 0 Å². The van der Waals surface area contributed by atoms with Crippen molar-refractivity contribution in [3.8, 4) is 0 Å². The number of nitrogens with one attached hydrogen (secondary N) is 1. The fourth-order valence-electron chi connectivity index (χ4n) is 4.88. The minimum absolute atomic E-state index is 0.0140. The molecular formula is C27H34N4O3. The summed E-state index contributed by atoms with van der Waals surface area (Å²) < 4.78 is 0. The Bertz CT molecular complexity index is 1050. The van der Waals surface area contributed by atoms with E-state index < -0.39 is 0 Å². The average molecular weight is 463 g/mol. The standard InChI is InChI=1S/C27H34N4O3/c1-19(12-13-20-9-5-4-6-10-20)28-25(32)18-31-24-17-21(26(33)29(2)3)14-15-22(24)30-16-8-7-11-23(30)27(31)34/h4-6,9-10,14-15,17,19,23H,7-8,11-13,16,18H2,1-3H3,(H,28,32)/t19-,23+/m0/s1. The number of hydrogen-bond acceptors (Lipinski definition) is 4. The van der Waals surface area contributed by atoms with Gasteiger partial charge in [-0.3, -0.25) is 19.3 Å². The lowest BCUT2D eigenvalue weighted by atomic mass is 9.95. The van der Waals surface area contributed by atoms with E-state index in [9.17, 15) is 14.4 Å². The molecule has 0 radical (unpaired) electrons. The number of piperidine rings is 1. The van der Waals surface area contributed by atoms with E-state index in [0.717, 1.165) is 44.3 Å². The Morgan fingerprint density at radius 2 is 1.85 bits per heavy atom. The summed E-state index contributed by atoms with van der Waals surface area (Å²) in [7, 11) is 3.41. The topological polar surface area (TPSA) is 73.0 Å². The van der Waals surface area contributed by atoms with Gasteiger partial charge < -0.3 is 15.1 Å². The van der Waals surface area contributed by atoms with Crippen LogP contribution in [-0.4, -0.2) is 61.9 Å². The third-order valence-corrected chi connectivity index (χ3v) is 6.70. The molecule has 4 rings (SSSR count). The van der Waals surface area contributed by atoms with Crippen LogP contribution in [0.25, 0.3) is 0 Å². The van der Waals surface area contributed by atoms with E-state index in [4.69, 9.17) is 0 Å². The van der Waals surface area contributed by atoms with Gasteiger partial charge in [-0.1, -0.05) is 30.3 Å². The van der Waals surface area contributed by atoms with Crippen molar-refractivity contribution in [2.45, 2.75) is 51.1 Å². The summed E-state index contributed by atoms with van der Waals surface area (Å²) in [6.07, 6.45) is 4.50. The van der Waals surface area contributed by atoms with Crippen LogP contribution in [-0.2, 0) is 16.0 Å². The summed E-state index contributed by atoms with van der Waals surface area (Å²) in [6.45, 7) is 2.75. The first-order valence-electron chi connectivity index (χ1n) is 12.1. The molecule has 1 N–H and O–H groups in total. The molecule has 34 heavy (non-hydrogen) atoms. The molecule has 0 spiro atoms. The predicted molar refractivity (Wildman–Crippen MR) is 134 cm³/mol. The molecule has 2 atom stereocenters. The summed E-state index contributed by atoms with van der Waals surface area (Å²) in [5, 5.41) is 3.05. The second kappa shape index (κ2) is 10.3. The van der Waals surface area contributed by atoms with Gasteiger partial charge in [0.2, 0.25) is 11.8 Å². The van der Waals surface area contributed by atoms with Gasteiger partial charge in [0.05, 0.1) is 11.4 Å². The summed E-state index contributed by atoms with van der Waals surface area (Å²) in [5.41, 5.74) is 3.31. The zero-order valence-electron chi connectivity index (χ0n) is 20.3. The molecule has 0 unspecified atom stereocenters. The number of rotatable bonds is 7. The Hall–Kier alpha value is -3.35. The monoisotopic (exact) mass is 462 g/mol. The van der Waals surface area contributed by atoms with Crippen molar-refractivity contribution in [2.75, 3.05) is 37.0 Å². The number of nitrogens with zero attached hydrogens (tertiary/aromatic N) is 3. The highest BCUT2D eigenvalue weighted by molar-refractivity contribution is 6.09. The molecule has 7 heteroatoms. The predicted octanol–water partition coefficient (Wildman–Crippen LogP) is 3.23. The highest BCUT2D eigenvalue weighted by Gasteiger charge is 2.40. The number of carbonyl (C=O) groups excluding carboxylic acids is 3. The third kappa shape index (κ3) is 5.08. The molecule has 2 aliphatic heterocycles. The number of carbonyl (C=O) groups is 3. The van der Waals surface area contributed by atoms with Crippen LogP contribution >= 0.6 is 0 Å². The van der Waals surface area contributed by atoms with Crippen LogP contribution < -0.4 is 15.1 Å². The fraction of sp³-hybridized carbons (Fsp3) is 0.444. The molecule has 0 aromatic heterocycles. The average Bonchev–Trinajstić information content (AvgIpc) is 2.85. The molecule has 3 amide bonds. The van der Waals surface area contributed by atoms with Gasteiger partial charge >= 0.3 is 0 Å². The highest BCUT2D eigenvalue weighted by atomic mass is 16.2. The van der Waals surface area contributed by atoms with Gasteiger partial charge in [-0.05, 0) is 62.8 Å². The second-order valence-electron chi connectivity index (χ2n) is 9.53. The molecule has 2 aromatic rings. The van der Waals surface area contributed by atoms with Crippen molar-refractivity contribution in [2.24, 2.45) is 0 Å². The van der Waals surface area contributed by atoms with E-state index in [2.05, 4.69) is 22.3 Å². The van der Waals surface area contributed by atoms with E-state index in [1.54, 1.807) is 25.1 Å². The minimum atomic E-state index is -0.250. The van der Waals surface area contributed by atoms with Crippen LogP contribution in [0.5, 0.6) is 0 Å². The van der Waals surface area contributed by atoms with E-state index in [-0.39, 0.29) is 36.3 Å². The molecular weight excluding hydrogens is 428 g/mol. The second-order valence-corrected chi connectivity index (χ2v) is 9.53. The Labute approximate surface area is 201 Å². The zero-order valence-corrected chi connectivity index (χ0v) is 20.3. The van der Waals surface area contributed by atoms with Gasteiger partial charge in [0.1, 0.15) is 12.6 Å². The highest BCUT2D eigenvalue weighted by Crippen LogP contribution is 2.40. The van der Waals surface area contributed by atoms with Crippen LogP contribution in [0, 0.1) is 0 Å².